The summed E-state index contributed by atoms with van der Waals surface area (Å²) in [5.74, 6) is 1.92. The molecule has 0 bridgehead atoms. The van der Waals surface area contributed by atoms with Crippen LogP contribution in [0.2, 0.25) is 0 Å². The Morgan fingerprint density at radius 3 is 2.50 bits per heavy atom. The van der Waals surface area contributed by atoms with Gasteiger partial charge in [0.05, 0.1) is 29.1 Å². The predicted octanol–water partition coefficient (Wildman–Crippen LogP) is 3.93. The van der Waals surface area contributed by atoms with Gasteiger partial charge in [-0.05, 0) is 59.0 Å². The van der Waals surface area contributed by atoms with Gasteiger partial charge in [-0.15, -0.1) is 15.6 Å². The second kappa shape index (κ2) is 9.32. The second-order valence-corrected chi connectivity index (χ2v) is 11.7. The molecule has 0 amide bonds. The van der Waals surface area contributed by atoms with Crippen LogP contribution in [0.4, 0.5) is 5.82 Å². The zero-order valence-electron chi connectivity index (χ0n) is 17.7. The van der Waals surface area contributed by atoms with Gasteiger partial charge in [-0.3, -0.25) is 0 Å². The Morgan fingerprint density at radius 2 is 1.88 bits per heavy atom. The molecule has 0 unspecified atom stereocenters. The zero-order valence-corrected chi connectivity index (χ0v) is 21.7. The van der Waals surface area contributed by atoms with Gasteiger partial charge in [-0.25, -0.2) is 13.4 Å². The molecule has 8 nitrogen and oxygen atoms in total. The number of pyridine rings is 1. The van der Waals surface area contributed by atoms with Crippen LogP contribution >= 0.6 is 39.0 Å². The summed E-state index contributed by atoms with van der Waals surface area (Å²) in [6.07, 6.45) is 0. The lowest BCUT2D eigenvalue weighted by Crippen LogP contribution is -2.45. The number of piperazine rings is 1. The van der Waals surface area contributed by atoms with Crippen molar-refractivity contribution in [2.24, 2.45) is 0 Å². The van der Waals surface area contributed by atoms with Crippen LogP contribution in [0.1, 0.15) is 0 Å². The lowest BCUT2D eigenvalue weighted by Gasteiger charge is -2.34. The monoisotopic (exact) mass is 560 g/mol. The SMILES string of the molecule is COc1ccc(OC)c(-c2cc3sc(Br)c(S(=O)(=O)NCl)c3c(N3CCN(C)CC3)n2)c1. The van der Waals surface area contributed by atoms with Crippen molar-refractivity contribution in [3.63, 3.8) is 0 Å². The molecule has 0 spiro atoms. The number of sulfonamides is 1. The van der Waals surface area contributed by atoms with E-state index in [1.807, 2.05) is 28.5 Å². The molecular weight excluding hydrogens is 540 g/mol. The van der Waals surface area contributed by atoms with E-state index in [4.69, 9.17) is 26.2 Å². The average Bonchev–Trinajstić information content (AvgIpc) is 3.15. The van der Waals surface area contributed by atoms with Crippen LogP contribution in [0.5, 0.6) is 11.5 Å². The number of nitrogens with one attached hydrogen (secondary N) is 1. The molecule has 1 aliphatic heterocycles. The van der Waals surface area contributed by atoms with Crippen molar-refractivity contribution in [2.75, 3.05) is 52.3 Å². The van der Waals surface area contributed by atoms with Gasteiger partial charge in [-0.2, -0.15) is 0 Å². The third kappa shape index (κ3) is 4.29. The van der Waals surface area contributed by atoms with Crippen molar-refractivity contribution in [1.82, 2.24) is 14.1 Å². The maximum atomic E-state index is 12.8. The fraction of sp³-hybridized carbons (Fsp3) is 0.350. The van der Waals surface area contributed by atoms with E-state index in [1.165, 1.54) is 11.3 Å². The van der Waals surface area contributed by atoms with Crippen molar-refractivity contribution in [2.45, 2.75) is 4.90 Å². The molecule has 12 heteroatoms. The van der Waals surface area contributed by atoms with E-state index in [1.54, 1.807) is 14.2 Å². The molecule has 1 aromatic carbocycles. The predicted molar refractivity (Wildman–Crippen MR) is 132 cm³/mol. The second-order valence-electron chi connectivity index (χ2n) is 7.35. The summed E-state index contributed by atoms with van der Waals surface area (Å²) in [5, 5.41) is 0.546. The highest BCUT2D eigenvalue weighted by atomic mass is 79.9. The van der Waals surface area contributed by atoms with Crippen LogP contribution in [-0.4, -0.2) is 65.7 Å². The topological polar surface area (TPSA) is 84.0 Å². The number of fused-ring (bicyclic) bond motifs is 1. The van der Waals surface area contributed by atoms with Crippen LogP contribution in [0, 0.1) is 0 Å². The minimum Gasteiger partial charge on any atom is -0.497 e. The van der Waals surface area contributed by atoms with Crippen LogP contribution in [0.15, 0.2) is 32.9 Å². The molecule has 4 rings (SSSR count). The number of benzene rings is 1. The highest BCUT2D eigenvalue weighted by Gasteiger charge is 2.29. The minimum absolute atomic E-state index is 0.0954. The fourth-order valence-corrected chi connectivity index (χ4v) is 7.44. The molecule has 2 aromatic heterocycles. The molecule has 0 radical (unpaired) electrons. The number of anilines is 1. The Balaban J connectivity index is 2.01. The molecule has 1 aliphatic rings. The van der Waals surface area contributed by atoms with Crippen LogP contribution in [-0.2, 0) is 10.0 Å². The molecule has 0 atom stereocenters. The number of methoxy groups -OCH3 is 2. The number of halogens is 2. The summed E-state index contributed by atoms with van der Waals surface area (Å²) in [6, 6.07) is 7.38. The van der Waals surface area contributed by atoms with Crippen molar-refractivity contribution in [1.29, 1.82) is 0 Å². The smallest absolute Gasteiger partial charge is 0.256 e. The number of nitrogens with zero attached hydrogens (tertiary/aromatic N) is 3. The molecule has 1 N–H and O–H groups in total. The van der Waals surface area contributed by atoms with E-state index in [2.05, 4.69) is 32.8 Å². The fourth-order valence-electron chi connectivity index (χ4n) is 3.72. The van der Waals surface area contributed by atoms with E-state index in [9.17, 15) is 8.42 Å². The third-order valence-corrected chi connectivity index (χ3v) is 9.38. The molecule has 1 saturated heterocycles. The van der Waals surface area contributed by atoms with Gasteiger partial charge in [-0.1, -0.05) is 0 Å². The highest BCUT2D eigenvalue weighted by Crippen LogP contribution is 2.45. The first-order chi connectivity index (χ1) is 15.3. The normalized spacial score (nSPS) is 15.3. The first-order valence-electron chi connectivity index (χ1n) is 9.70. The number of thiophene rings is 1. The average molecular weight is 562 g/mol. The number of likely N-dealkylation sites (N-methyl/N-ethyl adjacent to an activating group) is 1. The summed E-state index contributed by atoms with van der Waals surface area (Å²) in [5.41, 5.74) is 1.42. The number of hydrogen-bond donors (Lipinski definition) is 1. The maximum Gasteiger partial charge on any atom is 0.256 e. The quantitative estimate of drug-likeness (QED) is 0.457. The molecule has 0 saturated carbocycles. The van der Waals surface area contributed by atoms with E-state index in [-0.39, 0.29) is 4.90 Å². The van der Waals surface area contributed by atoms with E-state index in [0.29, 0.717) is 32.2 Å². The number of rotatable bonds is 6. The van der Waals surface area contributed by atoms with Gasteiger partial charge in [0, 0.05) is 36.4 Å². The van der Waals surface area contributed by atoms with Crippen molar-refractivity contribution in [3.8, 4) is 22.8 Å². The summed E-state index contributed by atoms with van der Waals surface area (Å²) in [4.78, 5) is 9.39. The van der Waals surface area contributed by atoms with Crippen molar-refractivity contribution >= 4 is 65.0 Å². The summed E-state index contributed by atoms with van der Waals surface area (Å²) in [7, 11) is 1.34. The largest absolute Gasteiger partial charge is 0.497 e. The van der Waals surface area contributed by atoms with E-state index in [0.717, 1.165) is 36.4 Å². The van der Waals surface area contributed by atoms with Gasteiger partial charge in [0.1, 0.15) is 22.2 Å². The Labute approximate surface area is 204 Å². The Hall–Kier alpha value is -1.63. The molecule has 1 fully saturated rings. The van der Waals surface area contributed by atoms with Crippen LogP contribution < -0.4 is 18.6 Å². The standard InChI is InChI=1S/C20H22BrClN4O4S2/c1-25-6-8-26(9-7-25)20-17-16(31-19(21)18(17)32(27,28)24-22)11-14(23-20)13-10-12(29-2)4-5-15(13)30-3/h4-5,10-11,24H,6-9H2,1-3H3. The molecule has 32 heavy (non-hydrogen) atoms. The summed E-state index contributed by atoms with van der Waals surface area (Å²) in [6.45, 7) is 3.13. The van der Waals surface area contributed by atoms with E-state index >= 15 is 0 Å². The molecule has 172 valence electrons. The number of hydrogen-bond acceptors (Lipinski definition) is 8. The minimum atomic E-state index is -3.93. The number of ether oxygens (including phenoxy) is 2. The Kier molecular flexibility index (Phi) is 6.85. The van der Waals surface area contributed by atoms with Crippen LogP contribution in [0.3, 0.4) is 0 Å². The van der Waals surface area contributed by atoms with Gasteiger partial charge >= 0.3 is 0 Å². The van der Waals surface area contributed by atoms with Crippen LogP contribution in [0.25, 0.3) is 21.3 Å². The van der Waals surface area contributed by atoms with Gasteiger partial charge in [0.15, 0.2) is 0 Å². The summed E-state index contributed by atoms with van der Waals surface area (Å²) < 4.78 is 39.7. The van der Waals surface area contributed by atoms with Crippen molar-refractivity contribution in [3.05, 3.63) is 28.1 Å². The van der Waals surface area contributed by atoms with Gasteiger partial charge < -0.3 is 19.3 Å². The molecule has 3 heterocycles. The first-order valence-corrected chi connectivity index (χ1v) is 13.2. The Morgan fingerprint density at radius 1 is 1.16 bits per heavy atom. The lowest BCUT2D eigenvalue weighted by molar-refractivity contribution is 0.312. The maximum absolute atomic E-state index is 12.8. The molecule has 0 aliphatic carbocycles. The van der Waals surface area contributed by atoms with Gasteiger partial charge in [0.2, 0.25) is 0 Å². The first kappa shape index (κ1) is 23.5. The van der Waals surface area contributed by atoms with Crippen molar-refractivity contribution < 1.29 is 17.9 Å². The zero-order chi connectivity index (χ0) is 23.0. The highest BCUT2D eigenvalue weighted by molar-refractivity contribution is 9.11. The van der Waals surface area contributed by atoms with Gasteiger partial charge in [0.25, 0.3) is 10.0 Å². The van der Waals surface area contributed by atoms with E-state index < -0.39 is 10.0 Å². The molecule has 3 aromatic rings. The lowest BCUT2D eigenvalue weighted by atomic mass is 10.1. The molecular formula is C20H22BrClN4O4S2. The summed E-state index contributed by atoms with van der Waals surface area (Å²) >= 11 is 10.3. The Bertz CT molecular complexity index is 1260. The number of aromatic nitrogens is 1. The third-order valence-electron chi connectivity index (χ3n) is 5.43.